The fraction of sp³-hybridized carbons (Fsp3) is 0.571. The van der Waals surface area contributed by atoms with E-state index in [0.717, 1.165) is 30.3 Å². The van der Waals surface area contributed by atoms with Crippen LogP contribution in [0.1, 0.15) is 0 Å². The number of anilines is 1. The molecular weight excluding hydrogens is 256 g/mol. The summed E-state index contributed by atoms with van der Waals surface area (Å²) in [6.07, 6.45) is 0. The SMILES string of the molecule is NCC1CN(c2cccc3c2OCCO3)C(CN)CN1. The molecule has 0 radical (unpaired) electrons. The van der Waals surface area contributed by atoms with E-state index in [1.807, 2.05) is 12.1 Å². The van der Waals surface area contributed by atoms with Crippen molar-refractivity contribution in [1.29, 1.82) is 0 Å². The molecule has 2 aliphatic rings. The van der Waals surface area contributed by atoms with E-state index >= 15 is 0 Å². The molecule has 110 valence electrons. The number of nitrogens with zero attached hydrogens (tertiary/aromatic N) is 1. The van der Waals surface area contributed by atoms with E-state index < -0.39 is 0 Å². The highest BCUT2D eigenvalue weighted by atomic mass is 16.6. The van der Waals surface area contributed by atoms with Crippen LogP contribution in [0.2, 0.25) is 0 Å². The Morgan fingerprint density at radius 2 is 2.05 bits per heavy atom. The lowest BCUT2D eigenvalue weighted by molar-refractivity contribution is 0.171. The minimum atomic E-state index is 0.245. The van der Waals surface area contributed by atoms with Gasteiger partial charge < -0.3 is 31.2 Å². The standard InChI is InChI=1S/C14H22N4O2/c15-6-10-9-18(11(7-16)8-17-10)12-2-1-3-13-14(12)20-5-4-19-13/h1-3,10-11,17H,4-9,15-16H2. The summed E-state index contributed by atoms with van der Waals surface area (Å²) in [5.41, 5.74) is 12.8. The second-order valence-corrected chi connectivity index (χ2v) is 5.18. The third-order valence-electron chi connectivity index (χ3n) is 3.91. The second-order valence-electron chi connectivity index (χ2n) is 5.18. The Labute approximate surface area is 119 Å². The van der Waals surface area contributed by atoms with Gasteiger partial charge in [-0.2, -0.15) is 0 Å². The van der Waals surface area contributed by atoms with Crippen LogP contribution in [-0.4, -0.2) is 51.5 Å². The molecule has 0 amide bonds. The summed E-state index contributed by atoms with van der Waals surface area (Å²) in [5.74, 6) is 1.64. The Bertz CT molecular complexity index is 468. The van der Waals surface area contributed by atoms with Crippen molar-refractivity contribution in [2.45, 2.75) is 12.1 Å². The Kier molecular flexibility index (Phi) is 3.95. The largest absolute Gasteiger partial charge is 0.486 e. The highest BCUT2D eigenvalue weighted by Gasteiger charge is 2.30. The van der Waals surface area contributed by atoms with Crippen molar-refractivity contribution >= 4 is 5.69 Å². The number of fused-ring (bicyclic) bond motifs is 1. The maximum Gasteiger partial charge on any atom is 0.184 e. The molecule has 2 atom stereocenters. The third-order valence-corrected chi connectivity index (χ3v) is 3.91. The van der Waals surface area contributed by atoms with Gasteiger partial charge in [-0.1, -0.05) is 6.07 Å². The van der Waals surface area contributed by atoms with Crippen molar-refractivity contribution in [2.75, 3.05) is 44.3 Å². The lowest BCUT2D eigenvalue weighted by Crippen LogP contribution is -2.61. The normalized spacial score (nSPS) is 25.6. The highest BCUT2D eigenvalue weighted by molar-refractivity contribution is 5.66. The lowest BCUT2D eigenvalue weighted by atomic mass is 10.1. The van der Waals surface area contributed by atoms with Crippen LogP contribution in [0.5, 0.6) is 11.5 Å². The number of benzene rings is 1. The minimum Gasteiger partial charge on any atom is -0.486 e. The Morgan fingerprint density at radius 1 is 1.20 bits per heavy atom. The first-order chi connectivity index (χ1) is 9.83. The van der Waals surface area contributed by atoms with E-state index in [1.54, 1.807) is 0 Å². The predicted octanol–water partition coefficient (Wildman–Crippen LogP) is -0.478. The van der Waals surface area contributed by atoms with Gasteiger partial charge >= 0.3 is 0 Å². The van der Waals surface area contributed by atoms with Crippen LogP contribution in [0.25, 0.3) is 0 Å². The third kappa shape index (κ3) is 2.42. The second kappa shape index (κ2) is 5.87. The zero-order valence-electron chi connectivity index (χ0n) is 11.5. The average Bonchev–Trinajstić information content (AvgIpc) is 2.53. The number of para-hydroxylation sites is 1. The number of ether oxygens (including phenoxy) is 2. The van der Waals surface area contributed by atoms with E-state index in [-0.39, 0.29) is 12.1 Å². The summed E-state index contributed by atoms with van der Waals surface area (Å²) in [6, 6.07) is 6.52. The number of hydrogen-bond acceptors (Lipinski definition) is 6. The molecule has 1 aromatic carbocycles. The van der Waals surface area contributed by atoms with Crippen molar-refractivity contribution < 1.29 is 9.47 Å². The van der Waals surface area contributed by atoms with Gasteiger partial charge in [0.15, 0.2) is 11.5 Å². The molecule has 1 aromatic rings. The topological polar surface area (TPSA) is 85.8 Å². The van der Waals surface area contributed by atoms with Gasteiger partial charge in [-0.25, -0.2) is 0 Å². The molecule has 0 aromatic heterocycles. The first-order valence-electron chi connectivity index (χ1n) is 7.12. The molecule has 0 aliphatic carbocycles. The van der Waals surface area contributed by atoms with Gasteiger partial charge in [-0.15, -0.1) is 0 Å². The van der Waals surface area contributed by atoms with Crippen LogP contribution >= 0.6 is 0 Å². The molecule has 3 rings (SSSR count). The van der Waals surface area contributed by atoms with E-state index in [9.17, 15) is 0 Å². The average molecular weight is 278 g/mol. The van der Waals surface area contributed by atoms with Gasteiger partial charge in [0.1, 0.15) is 13.2 Å². The smallest absolute Gasteiger partial charge is 0.184 e. The van der Waals surface area contributed by atoms with Gasteiger partial charge in [0.2, 0.25) is 0 Å². The summed E-state index contributed by atoms with van der Waals surface area (Å²) in [6.45, 7) is 4.06. The van der Waals surface area contributed by atoms with Crippen LogP contribution in [0.3, 0.4) is 0 Å². The number of nitrogens with one attached hydrogen (secondary N) is 1. The van der Waals surface area contributed by atoms with E-state index in [2.05, 4.69) is 16.3 Å². The molecule has 2 aliphatic heterocycles. The van der Waals surface area contributed by atoms with Crippen LogP contribution in [-0.2, 0) is 0 Å². The molecule has 0 spiro atoms. The van der Waals surface area contributed by atoms with Crippen molar-refractivity contribution in [2.24, 2.45) is 11.5 Å². The van der Waals surface area contributed by atoms with E-state index in [1.165, 1.54) is 0 Å². The Balaban J connectivity index is 1.93. The highest BCUT2D eigenvalue weighted by Crippen LogP contribution is 2.40. The maximum atomic E-state index is 5.91. The molecular formula is C14H22N4O2. The van der Waals surface area contributed by atoms with Gasteiger partial charge in [-0.3, -0.25) is 0 Å². The molecule has 2 unspecified atom stereocenters. The predicted molar refractivity (Wildman–Crippen MR) is 78.5 cm³/mol. The van der Waals surface area contributed by atoms with E-state index in [4.69, 9.17) is 20.9 Å². The molecule has 1 saturated heterocycles. The van der Waals surface area contributed by atoms with Gasteiger partial charge in [0.05, 0.1) is 11.7 Å². The molecule has 20 heavy (non-hydrogen) atoms. The monoisotopic (exact) mass is 278 g/mol. The Morgan fingerprint density at radius 3 is 2.85 bits per heavy atom. The fourth-order valence-corrected chi connectivity index (χ4v) is 2.81. The maximum absolute atomic E-state index is 5.91. The van der Waals surface area contributed by atoms with Crippen LogP contribution in [0.15, 0.2) is 18.2 Å². The summed E-state index contributed by atoms with van der Waals surface area (Å²) in [5, 5.41) is 3.43. The fourth-order valence-electron chi connectivity index (χ4n) is 2.81. The summed E-state index contributed by atoms with van der Waals surface area (Å²) in [4.78, 5) is 2.29. The van der Waals surface area contributed by atoms with Gasteiger partial charge in [0.25, 0.3) is 0 Å². The molecule has 5 N–H and O–H groups in total. The minimum absolute atomic E-state index is 0.245. The van der Waals surface area contributed by atoms with Crippen molar-refractivity contribution in [3.8, 4) is 11.5 Å². The first kappa shape index (κ1) is 13.5. The quantitative estimate of drug-likeness (QED) is 0.692. The van der Waals surface area contributed by atoms with Gasteiger partial charge in [0, 0.05) is 32.2 Å². The number of hydrogen-bond donors (Lipinski definition) is 3. The van der Waals surface area contributed by atoms with Crippen molar-refractivity contribution in [3.05, 3.63) is 18.2 Å². The number of piperazine rings is 1. The number of nitrogens with two attached hydrogens (primary N) is 2. The molecule has 6 heteroatoms. The molecule has 0 saturated carbocycles. The molecule has 2 heterocycles. The van der Waals surface area contributed by atoms with Crippen LogP contribution < -0.4 is 31.2 Å². The summed E-state index contributed by atoms with van der Waals surface area (Å²) in [7, 11) is 0. The zero-order chi connectivity index (χ0) is 13.9. The van der Waals surface area contributed by atoms with Crippen LogP contribution in [0, 0.1) is 0 Å². The van der Waals surface area contributed by atoms with Crippen molar-refractivity contribution in [1.82, 2.24) is 5.32 Å². The van der Waals surface area contributed by atoms with Crippen molar-refractivity contribution in [3.63, 3.8) is 0 Å². The lowest BCUT2D eigenvalue weighted by Gasteiger charge is -2.42. The first-order valence-corrected chi connectivity index (χ1v) is 7.12. The summed E-state index contributed by atoms with van der Waals surface area (Å²) >= 11 is 0. The molecule has 1 fully saturated rings. The number of rotatable bonds is 3. The summed E-state index contributed by atoms with van der Waals surface area (Å²) < 4.78 is 11.5. The Hall–Kier alpha value is -1.50. The molecule has 0 bridgehead atoms. The zero-order valence-corrected chi connectivity index (χ0v) is 11.5. The van der Waals surface area contributed by atoms with Crippen LogP contribution in [0.4, 0.5) is 5.69 Å². The van der Waals surface area contributed by atoms with Gasteiger partial charge in [-0.05, 0) is 12.1 Å². The molecule has 6 nitrogen and oxygen atoms in total. The van der Waals surface area contributed by atoms with E-state index in [0.29, 0.717) is 26.3 Å².